The molecular formula is C14H23N3S. The van der Waals surface area contributed by atoms with Crippen LogP contribution < -0.4 is 10.2 Å². The predicted molar refractivity (Wildman–Crippen MR) is 77.5 cm³/mol. The average molecular weight is 265 g/mol. The highest BCUT2D eigenvalue weighted by atomic mass is 32.1. The molecule has 2 atom stereocenters. The van der Waals surface area contributed by atoms with Crippen molar-refractivity contribution in [2.24, 2.45) is 5.92 Å². The van der Waals surface area contributed by atoms with Crippen LogP contribution in [0.2, 0.25) is 0 Å². The molecule has 2 saturated heterocycles. The number of nitrogens with one attached hydrogen (secondary N) is 1. The van der Waals surface area contributed by atoms with Gasteiger partial charge in [-0.2, -0.15) is 0 Å². The zero-order valence-electron chi connectivity index (χ0n) is 11.2. The molecule has 0 bridgehead atoms. The van der Waals surface area contributed by atoms with E-state index in [1.54, 1.807) is 0 Å². The van der Waals surface area contributed by atoms with Crippen LogP contribution in [-0.4, -0.2) is 30.7 Å². The molecule has 2 fully saturated rings. The summed E-state index contributed by atoms with van der Waals surface area (Å²) in [5.74, 6) is 0.829. The molecule has 3 heterocycles. The van der Waals surface area contributed by atoms with Gasteiger partial charge in [0.25, 0.3) is 0 Å². The second-order valence-corrected chi connectivity index (χ2v) is 6.36. The zero-order chi connectivity index (χ0) is 12.4. The summed E-state index contributed by atoms with van der Waals surface area (Å²) in [6.07, 6.45) is 6.50. The fourth-order valence-corrected chi connectivity index (χ4v) is 4.18. The topological polar surface area (TPSA) is 28.2 Å². The first kappa shape index (κ1) is 12.4. The van der Waals surface area contributed by atoms with Gasteiger partial charge >= 0.3 is 0 Å². The Bertz CT molecular complexity index is 384. The monoisotopic (exact) mass is 265 g/mol. The summed E-state index contributed by atoms with van der Waals surface area (Å²) >= 11 is 1.82. The van der Waals surface area contributed by atoms with Crippen LogP contribution in [-0.2, 0) is 6.42 Å². The molecule has 0 saturated carbocycles. The van der Waals surface area contributed by atoms with Crippen molar-refractivity contribution in [3.8, 4) is 0 Å². The molecular weight excluding hydrogens is 242 g/mol. The molecule has 0 amide bonds. The van der Waals surface area contributed by atoms with Crippen LogP contribution in [0.1, 0.15) is 38.3 Å². The zero-order valence-corrected chi connectivity index (χ0v) is 12.0. The first-order valence-corrected chi connectivity index (χ1v) is 8.17. The highest BCUT2D eigenvalue weighted by molar-refractivity contribution is 7.13. The van der Waals surface area contributed by atoms with E-state index in [0.717, 1.165) is 18.4 Å². The van der Waals surface area contributed by atoms with Crippen LogP contribution >= 0.6 is 11.3 Å². The minimum Gasteiger partial charge on any atom is -0.348 e. The molecule has 0 radical (unpaired) electrons. The van der Waals surface area contributed by atoms with Gasteiger partial charge in [0.1, 0.15) is 0 Å². The van der Waals surface area contributed by atoms with Gasteiger partial charge in [-0.3, -0.25) is 0 Å². The summed E-state index contributed by atoms with van der Waals surface area (Å²) in [6, 6.07) is 0.762. The van der Waals surface area contributed by atoms with Crippen molar-refractivity contribution in [3.05, 3.63) is 11.1 Å². The van der Waals surface area contributed by atoms with Crippen LogP contribution in [0, 0.1) is 5.92 Å². The summed E-state index contributed by atoms with van der Waals surface area (Å²) in [4.78, 5) is 7.25. The van der Waals surface area contributed by atoms with E-state index >= 15 is 0 Å². The molecule has 1 aromatic heterocycles. The van der Waals surface area contributed by atoms with Crippen LogP contribution in [0.25, 0.3) is 0 Å². The first-order valence-electron chi connectivity index (χ1n) is 7.29. The van der Waals surface area contributed by atoms with Crippen molar-refractivity contribution >= 4 is 16.5 Å². The first-order chi connectivity index (χ1) is 8.86. The second kappa shape index (κ2) is 5.57. The summed E-state index contributed by atoms with van der Waals surface area (Å²) in [5.41, 5.74) is 1.25. The van der Waals surface area contributed by atoms with Gasteiger partial charge in [0.15, 0.2) is 5.13 Å². The Hall–Kier alpha value is -0.610. The lowest BCUT2D eigenvalue weighted by atomic mass is 9.90. The summed E-state index contributed by atoms with van der Waals surface area (Å²) in [5, 5.41) is 7.13. The molecule has 18 heavy (non-hydrogen) atoms. The van der Waals surface area contributed by atoms with Crippen LogP contribution in [0.5, 0.6) is 0 Å². The second-order valence-electron chi connectivity index (χ2n) is 5.53. The van der Waals surface area contributed by atoms with Crippen LogP contribution in [0.15, 0.2) is 5.38 Å². The maximum absolute atomic E-state index is 4.74. The number of hydrogen-bond donors (Lipinski definition) is 1. The van der Waals surface area contributed by atoms with Gasteiger partial charge in [0, 0.05) is 24.5 Å². The SMILES string of the molecule is CCc1csc(N2CCCC(C3CCCN3)C2)n1. The Balaban J connectivity index is 1.65. The molecule has 1 aromatic rings. The predicted octanol–water partition coefficient (Wildman–Crippen LogP) is 2.67. The Kier molecular flexibility index (Phi) is 3.85. The Morgan fingerprint density at radius 2 is 2.39 bits per heavy atom. The van der Waals surface area contributed by atoms with E-state index in [1.165, 1.54) is 56.1 Å². The largest absolute Gasteiger partial charge is 0.348 e. The van der Waals surface area contributed by atoms with E-state index in [0.29, 0.717) is 0 Å². The maximum Gasteiger partial charge on any atom is 0.185 e. The third-order valence-electron chi connectivity index (χ3n) is 4.30. The third-order valence-corrected chi connectivity index (χ3v) is 5.25. The van der Waals surface area contributed by atoms with Gasteiger partial charge in [-0.15, -0.1) is 11.3 Å². The molecule has 0 aliphatic carbocycles. The minimum atomic E-state index is 0.762. The van der Waals surface area contributed by atoms with Crippen molar-refractivity contribution in [1.29, 1.82) is 0 Å². The molecule has 3 nitrogen and oxygen atoms in total. The van der Waals surface area contributed by atoms with Gasteiger partial charge < -0.3 is 10.2 Å². The smallest absolute Gasteiger partial charge is 0.185 e. The molecule has 2 aliphatic rings. The van der Waals surface area contributed by atoms with E-state index in [4.69, 9.17) is 4.98 Å². The van der Waals surface area contributed by atoms with E-state index in [9.17, 15) is 0 Å². The minimum absolute atomic E-state index is 0.762. The normalized spacial score (nSPS) is 28.8. The van der Waals surface area contributed by atoms with Gasteiger partial charge in [-0.25, -0.2) is 4.98 Å². The lowest BCUT2D eigenvalue weighted by molar-refractivity contribution is 0.328. The highest BCUT2D eigenvalue weighted by Gasteiger charge is 2.29. The lowest BCUT2D eigenvalue weighted by Crippen LogP contribution is -2.43. The number of aryl methyl sites for hydroxylation is 1. The molecule has 0 aromatic carbocycles. The highest BCUT2D eigenvalue weighted by Crippen LogP contribution is 2.29. The van der Waals surface area contributed by atoms with Gasteiger partial charge in [-0.1, -0.05) is 6.92 Å². The van der Waals surface area contributed by atoms with E-state index in [1.807, 2.05) is 11.3 Å². The molecule has 1 N–H and O–H groups in total. The quantitative estimate of drug-likeness (QED) is 0.911. The van der Waals surface area contributed by atoms with Crippen molar-refractivity contribution in [3.63, 3.8) is 0 Å². The molecule has 100 valence electrons. The lowest BCUT2D eigenvalue weighted by Gasteiger charge is -2.35. The number of rotatable bonds is 3. The third kappa shape index (κ3) is 2.54. The Morgan fingerprint density at radius 3 is 3.11 bits per heavy atom. The van der Waals surface area contributed by atoms with Crippen molar-refractivity contribution in [2.45, 2.75) is 45.1 Å². The number of anilines is 1. The van der Waals surface area contributed by atoms with Gasteiger partial charge in [0.2, 0.25) is 0 Å². The van der Waals surface area contributed by atoms with Crippen molar-refractivity contribution in [2.75, 3.05) is 24.5 Å². The van der Waals surface area contributed by atoms with Gasteiger partial charge in [-0.05, 0) is 44.6 Å². The number of piperidine rings is 1. The van der Waals surface area contributed by atoms with Crippen molar-refractivity contribution < 1.29 is 0 Å². The fourth-order valence-electron chi connectivity index (χ4n) is 3.23. The average Bonchev–Trinajstić information content (AvgIpc) is 3.10. The summed E-state index contributed by atoms with van der Waals surface area (Å²) in [7, 11) is 0. The number of thiazole rings is 1. The molecule has 4 heteroatoms. The number of nitrogens with zero attached hydrogens (tertiary/aromatic N) is 2. The van der Waals surface area contributed by atoms with Crippen LogP contribution in [0.4, 0.5) is 5.13 Å². The molecule has 2 aliphatic heterocycles. The van der Waals surface area contributed by atoms with Crippen LogP contribution in [0.3, 0.4) is 0 Å². The summed E-state index contributed by atoms with van der Waals surface area (Å²) in [6.45, 7) is 5.80. The molecule has 0 spiro atoms. The standard InChI is InChI=1S/C14H23N3S/c1-2-12-10-18-14(16-12)17-8-4-5-11(9-17)13-6-3-7-15-13/h10-11,13,15H,2-9H2,1H3. The van der Waals surface area contributed by atoms with E-state index < -0.39 is 0 Å². The Labute approximate surface area is 114 Å². The number of aromatic nitrogens is 1. The summed E-state index contributed by atoms with van der Waals surface area (Å²) < 4.78 is 0. The Morgan fingerprint density at radius 1 is 1.44 bits per heavy atom. The van der Waals surface area contributed by atoms with E-state index in [-0.39, 0.29) is 0 Å². The molecule has 3 rings (SSSR count). The number of hydrogen-bond acceptors (Lipinski definition) is 4. The van der Waals surface area contributed by atoms with Crippen molar-refractivity contribution in [1.82, 2.24) is 10.3 Å². The van der Waals surface area contributed by atoms with Gasteiger partial charge in [0.05, 0.1) is 5.69 Å². The van der Waals surface area contributed by atoms with E-state index in [2.05, 4.69) is 22.5 Å². The maximum atomic E-state index is 4.74. The fraction of sp³-hybridized carbons (Fsp3) is 0.786. The molecule has 2 unspecified atom stereocenters.